The summed E-state index contributed by atoms with van der Waals surface area (Å²) in [6, 6.07) is 10.1. The summed E-state index contributed by atoms with van der Waals surface area (Å²) in [6.45, 7) is 0. The molecule has 0 fully saturated rings. The molecule has 0 bridgehead atoms. The fourth-order valence-corrected chi connectivity index (χ4v) is 1.56. The molecular weight excluding hydrogens is 204 g/mol. The Labute approximate surface area is 94.8 Å². The first-order chi connectivity index (χ1) is 7.40. The van der Waals surface area contributed by atoms with Crippen molar-refractivity contribution in [3.63, 3.8) is 0 Å². The van der Waals surface area contributed by atoms with E-state index in [1.54, 1.807) is 0 Å². The SMILES string of the molecule is SCCc1ncc(-c2ccccc2)cn1. The third-order valence-electron chi connectivity index (χ3n) is 2.15. The fraction of sp³-hybridized carbons (Fsp3) is 0.167. The van der Waals surface area contributed by atoms with Gasteiger partial charge in [-0.1, -0.05) is 30.3 Å². The Bertz CT molecular complexity index is 411. The topological polar surface area (TPSA) is 25.8 Å². The standard InChI is InChI=1S/C12H12N2S/c15-7-6-12-13-8-11(9-14-12)10-4-2-1-3-5-10/h1-5,8-9,15H,6-7H2. The van der Waals surface area contributed by atoms with Crippen molar-refractivity contribution in [2.24, 2.45) is 0 Å². The van der Waals surface area contributed by atoms with Gasteiger partial charge in [-0.3, -0.25) is 0 Å². The maximum atomic E-state index is 4.28. The molecule has 2 aromatic rings. The van der Waals surface area contributed by atoms with Gasteiger partial charge in [0.05, 0.1) is 0 Å². The largest absolute Gasteiger partial charge is 0.241 e. The average molecular weight is 216 g/mol. The highest BCUT2D eigenvalue weighted by Crippen LogP contribution is 2.16. The number of benzene rings is 1. The average Bonchev–Trinajstić information content (AvgIpc) is 2.32. The molecule has 0 aliphatic heterocycles. The minimum atomic E-state index is 0.782. The summed E-state index contributed by atoms with van der Waals surface area (Å²) in [5.74, 6) is 1.63. The van der Waals surface area contributed by atoms with Crippen molar-refractivity contribution >= 4 is 12.6 Å². The summed E-state index contributed by atoms with van der Waals surface area (Å²) >= 11 is 4.15. The lowest BCUT2D eigenvalue weighted by atomic mass is 10.1. The van der Waals surface area contributed by atoms with E-state index in [2.05, 4.69) is 34.7 Å². The van der Waals surface area contributed by atoms with Gasteiger partial charge in [-0.05, 0) is 11.3 Å². The van der Waals surface area contributed by atoms with Crippen molar-refractivity contribution in [1.82, 2.24) is 9.97 Å². The zero-order valence-electron chi connectivity index (χ0n) is 8.30. The zero-order valence-corrected chi connectivity index (χ0v) is 9.19. The minimum Gasteiger partial charge on any atom is -0.241 e. The van der Waals surface area contributed by atoms with Crippen molar-refractivity contribution in [2.45, 2.75) is 6.42 Å². The molecule has 1 aromatic carbocycles. The Kier molecular flexibility index (Phi) is 3.35. The normalized spacial score (nSPS) is 10.2. The molecule has 1 aromatic heterocycles. The zero-order chi connectivity index (χ0) is 10.5. The maximum Gasteiger partial charge on any atom is 0.129 e. The van der Waals surface area contributed by atoms with Crippen LogP contribution in [0.5, 0.6) is 0 Å². The van der Waals surface area contributed by atoms with Crippen molar-refractivity contribution in [3.8, 4) is 11.1 Å². The molecule has 0 aliphatic carbocycles. The minimum absolute atomic E-state index is 0.782. The summed E-state index contributed by atoms with van der Waals surface area (Å²) in [5, 5.41) is 0. The van der Waals surface area contributed by atoms with Crippen LogP contribution < -0.4 is 0 Å². The van der Waals surface area contributed by atoms with E-state index >= 15 is 0 Å². The van der Waals surface area contributed by atoms with E-state index in [1.807, 2.05) is 30.6 Å². The molecule has 0 saturated heterocycles. The molecule has 0 atom stereocenters. The predicted molar refractivity (Wildman–Crippen MR) is 65.0 cm³/mol. The summed E-state index contributed by atoms with van der Waals surface area (Å²) < 4.78 is 0. The van der Waals surface area contributed by atoms with Crippen LogP contribution in [-0.4, -0.2) is 15.7 Å². The number of rotatable bonds is 3. The van der Waals surface area contributed by atoms with E-state index in [4.69, 9.17) is 0 Å². The van der Waals surface area contributed by atoms with Crippen molar-refractivity contribution in [2.75, 3.05) is 5.75 Å². The van der Waals surface area contributed by atoms with Crippen LogP contribution in [0.3, 0.4) is 0 Å². The number of aromatic nitrogens is 2. The van der Waals surface area contributed by atoms with E-state index in [0.717, 1.165) is 29.1 Å². The second-order valence-corrected chi connectivity index (χ2v) is 3.67. The number of aryl methyl sites for hydroxylation is 1. The Morgan fingerprint density at radius 3 is 2.20 bits per heavy atom. The Morgan fingerprint density at radius 1 is 0.933 bits per heavy atom. The molecule has 0 saturated carbocycles. The van der Waals surface area contributed by atoms with Gasteiger partial charge in [0.25, 0.3) is 0 Å². The van der Waals surface area contributed by atoms with Gasteiger partial charge >= 0.3 is 0 Å². The second kappa shape index (κ2) is 4.94. The quantitative estimate of drug-likeness (QED) is 0.798. The third-order valence-corrected chi connectivity index (χ3v) is 2.37. The van der Waals surface area contributed by atoms with Gasteiger partial charge in [-0.2, -0.15) is 12.6 Å². The summed E-state index contributed by atoms with van der Waals surface area (Å²) in [5.41, 5.74) is 2.20. The van der Waals surface area contributed by atoms with Gasteiger partial charge in [-0.15, -0.1) is 0 Å². The molecule has 2 rings (SSSR count). The van der Waals surface area contributed by atoms with E-state index in [1.165, 1.54) is 0 Å². The highest BCUT2D eigenvalue weighted by atomic mass is 32.1. The number of hydrogen-bond acceptors (Lipinski definition) is 3. The van der Waals surface area contributed by atoms with Crippen LogP contribution in [0.4, 0.5) is 0 Å². The molecule has 76 valence electrons. The first-order valence-corrected chi connectivity index (χ1v) is 5.50. The molecule has 15 heavy (non-hydrogen) atoms. The van der Waals surface area contributed by atoms with Gasteiger partial charge < -0.3 is 0 Å². The van der Waals surface area contributed by atoms with Crippen molar-refractivity contribution < 1.29 is 0 Å². The molecule has 0 unspecified atom stereocenters. The van der Waals surface area contributed by atoms with Crippen LogP contribution in [0.1, 0.15) is 5.82 Å². The molecule has 0 spiro atoms. The molecule has 2 nitrogen and oxygen atoms in total. The van der Waals surface area contributed by atoms with Gasteiger partial charge in [0.15, 0.2) is 0 Å². The van der Waals surface area contributed by atoms with Gasteiger partial charge in [-0.25, -0.2) is 9.97 Å². The maximum absolute atomic E-state index is 4.28. The lowest BCUT2D eigenvalue weighted by Crippen LogP contribution is -1.95. The van der Waals surface area contributed by atoms with Gasteiger partial charge in [0.1, 0.15) is 5.82 Å². The first-order valence-electron chi connectivity index (χ1n) is 4.87. The number of hydrogen-bond donors (Lipinski definition) is 1. The number of nitrogens with zero attached hydrogens (tertiary/aromatic N) is 2. The van der Waals surface area contributed by atoms with Crippen LogP contribution in [0.2, 0.25) is 0 Å². The molecule has 1 heterocycles. The van der Waals surface area contributed by atoms with E-state index in [9.17, 15) is 0 Å². The summed E-state index contributed by atoms with van der Waals surface area (Å²) in [6.07, 6.45) is 4.54. The lowest BCUT2D eigenvalue weighted by Gasteiger charge is -2.01. The predicted octanol–water partition coefficient (Wildman–Crippen LogP) is 2.62. The molecule has 0 aliphatic rings. The Morgan fingerprint density at radius 2 is 1.60 bits per heavy atom. The van der Waals surface area contributed by atoms with Crippen molar-refractivity contribution in [3.05, 3.63) is 48.5 Å². The molecule has 0 amide bonds. The van der Waals surface area contributed by atoms with Crippen LogP contribution in [0, 0.1) is 0 Å². The highest BCUT2D eigenvalue weighted by molar-refractivity contribution is 7.80. The Hall–Kier alpha value is -1.35. The summed E-state index contributed by atoms with van der Waals surface area (Å²) in [7, 11) is 0. The second-order valence-electron chi connectivity index (χ2n) is 3.23. The van der Waals surface area contributed by atoms with Crippen LogP contribution >= 0.6 is 12.6 Å². The monoisotopic (exact) mass is 216 g/mol. The van der Waals surface area contributed by atoms with E-state index in [-0.39, 0.29) is 0 Å². The van der Waals surface area contributed by atoms with Crippen LogP contribution in [0.15, 0.2) is 42.7 Å². The molecule has 0 radical (unpaired) electrons. The van der Waals surface area contributed by atoms with Crippen molar-refractivity contribution in [1.29, 1.82) is 0 Å². The molecule has 3 heteroatoms. The lowest BCUT2D eigenvalue weighted by molar-refractivity contribution is 0.951. The van der Waals surface area contributed by atoms with Gasteiger partial charge in [0.2, 0.25) is 0 Å². The third kappa shape index (κ3) is 2.57. The number of thiol groups is 1. The van der Waals surface area contributed by atoms with E-state index in [0.29, 0.717) is 0 Å². The van der Waals surface area contributed by atoms with Crippen LogP contribution in [0.25, 0.3) is 11.1 Å². The Balaban J connectivity index is 2.24. The highest BCUT2D eigenvalue weighted by Gasteiger charge is 1.98. The fourth-order valence-electron chi connectivity index (χ4n) is 1.36. The molecular formula is C12H12N2S. The molecule has 0 N–H and O–H groups in total. The first kappa shape index (κ1) is 10.2. The van der Waals surface area contributed by atoms with Crippen LogP contribution in [-0.2, 0) is 6.42 Å². The smallest absolute Gasteiger partial charge is 0.129 e. The van der Waals surface area contributed by atoms with E-state index < -0.39 is 0 Å². The van der Waals surface area contributed by atoms with Gasteiger partial charge in [0, 0.05) is 24.4 Å². The summed E-state index contributed by atoms with van der Waals surface area (Å²) in [4.78, 5) is 8.57.